The first kappa shape index (κ1) is 12.0. The van der Waals surface area contributed by atoms with Gasteiger partial charge in [-0.15, -0.1) is 0 Å². The first-order valence-corrected chi connectivity index (χ1v) is 5.28. The molecule has 15 heavy (non-hydrogen) atoms. The Bertz CT molecular complexity index is 255. The summed E-state index contributed by atoms with van der Waals surface area (Å²) in [5, 5.41) is 2.51. The number of nitrogens with one attached hydrogen (secondary N) is 1. The number of rotatable bonds is 2. The van der Waals surface area contributed by atoms with Gasteiger partial charge in [-0.3, -0.25) is 9.59 Å². The van der Waals surface area contributed by atoms with Crippen LogP contribution in [0.2, 0.25) is 0 Å². The van der Waals surface area contributed by atoms with Crippen molar-refractivity contribution in [3.05, 3.63) is 0 Å². The highest BCUT2D eigenvalue weighted by atomic mass is 16.2. The van der Waals surface area contributed by atoms with E-state index in [1.165, 1.54) is 6.92 Å². The Labute approximate surface area is 90.0 Å². The van der Waals surface area contributed by atoms with E-state index < -0.39 is 0 Å². The van der Waals surface area contributed by atoms with Gasteiger partial charge in [0.15, 0.2) is 0 Å². The minimum Gasteiger partial charge on any atom is -0.347 e. The Morgan fingerprint density at radius 3 is 2.73 bits per heavy atom. The molecule has 1 aliphatic heterocycles. The van der Waals surface area contributed by atoms with Gasteiger partial charge >= 0.3 is 0 Å². The van der Waals surface area contributed by atoms with E-state index in [1.54, 1.807) is 4.90 Å². The molecule has 2 amide bonds. The smallest absolute Gasteiger partial charge is 0.241 e. The van der Waals surface area contributed by atoms with Crippen LogP contribution in [0.1, 0.15) is 20.3 Å². The zero-order valence-electron chi connectivity index (χ0n) is 9.32. The average molecular weight is 213 g/mol. The summed E-state index contributed by atoms with van der Waals surface area (Å²) in [6, 6.07) is 0.190. The molecule has 2 unspecified atom stereocenters. The molecule has 3 N–H and O–H groups in total. The molecule has 0 spiro atoms. The predicted octanol–water partition coefficient (Wildman–Crippen LogP) is -0.682. The van der Waals surface area contributed by atoms with Crippen LogP contribution in [-0.2, 0) is 9.59 Å². The Morgan fingerprint density at radius 1 is 1.53 bits per heavy atom. The molecule has 1 heterocycles. The fraction of sp³-hybridized carbons (Fsp3) is 0.800. The average Bonchev–Trinajstić information content (AvgIpc) is 2.18. The van der Waals surface area contributed by atoms with E-state index in [4.69, 9.17) is 5.73 Å². The highest BCUT2D eigenvalue weighted by Gasteiger charge is 2.25. The number of nitrogens with two attached hydrogens (primary N) is 1. The largest absolute Gasteiger partial charge is 0.347 e. The Morgan fingerprint density at radius 2 is 2.20 bits per heavy atom. The van der Waals surface area contributed by atoms with Crippen molar-refractivity contribution in [2.75, 3.05) is 19.6 Å². The van der Waals surface area contributed by atoms with Gasteiger partial charge < -0.3 is 16.0 Å². The number of nitrogens with zero attached hydrogens (tertiary/aromatic N) is 1. The number of likely N-dealkylation sites (tertiary alicyclic amines) is 1. The summed E-state index contributed by atoms with van der Waals surface area (Å²) in [6.45, 7) is 4.94. The second-order valence-electron chi connectivity index (χ2n) is 4.18. The minimum atomic E-state index is -0.176. The van der Waals surface area contributed by atoms with E-state index >= 15 is 0 Å². The number of hydrogen-bond donors (Lipinski definition) is 2. The third-order valence-electron chi connectivity index (χ3n) is 2.81. The lowest BCUT2D eigenvalue weighted by Gasteiger charge is -2.35. The molecular formula is C10H19N3O2. The van der Waals surface area contributed by atoms with Crippen LogP contribution >= 0.6 is 0 Å². The Kier molecular flexibility index (Phi) is 4.08. The maximum absolute atomic E-state index is 11.6. The SMILES string of the molecule is CC(=O)NCC(=O)N1CCC(N)C(C)C1. The van der Waals surface area contributed by atoms with Crippen LogP contribution in [0, 0.1) is 5.92 Å². The van der Waals surface area contributed by atoms with Crippen LogP contribution in [0.5, 0.6) is 0 Å². The highest BCUT2D eigenvalue weighted by molar-refractivity contribution is 5.83. The van der Waals surface area contributed by atoms with Crippen molar-refractivity contribution in [3.63, 3.8) is 0 Å². The second kappa shape index (κ2) is 5.11. The zero-order chi connectivity index (χ0) is 11.4. The highest BCUT2D eigenvalue weighted by Crippen LogP contribution is 2.14. The van der Waals surface area contributed by atoms with E-state index in [1.807, 2.05) is 6.92 Å². The van der Waals surface area contributed by atoms with Gasteiger partial charge in [0.1, 0.15) is 0 Å². The van der Waals surface area contributed by atoms with Crippen molar-refractivity contribution in [2.24, 2.45) is 11.7 Å². The molecule has 0 aromatic carbocycles. The quantitative estimate of drug-likeness (QED) is 0.638. The summed E-state index contributed by atoms with van der Waals surface area (Å²) in [6.07, 6.45) is 0.840. The van der Waals surface area contributed by atoms with E-state index in [0.29, 0.717) is 19.0 Å². The first-order chi connectivity index (χ1) is 7.00. The molecule has 0 aliphatic carbocycles. The van der Waals surface area contributed by atoms with E-state index in [9.17, 15) is 9.59 Å². The molecule has 0 aromatic heterocycles. The fourth-order valence-electron chi connectivity index (χ4n) is 1.70. The van der Waals surface area contributed by atoms with Crippen molar-refractivity contribution < 1.29 is 9.59 Å². The predicted molar refractivity (Wildman–Crippen MR) is 57.0 cm³/mol. The summed E-state index contributed by atoms with van der Waals surface area (Å²) in [4.78, 5) is 24.0. The molecule has 1 fully saturated rings. The number of amides is 2. The topological polar surface area (TPSA) is 75.4 Å². The fourth-order valence-corrected chi connectivity index (χ4v) is 1.70. The third-order valence-corrected chi connectivity index (χ3v) is 2.81. The maximum atomic E-state index is 11.6. The van der Waals surface area contributed by atoms with Crippen molar-refractivity contribution in [3.8, 4) is 0 Å². The number of carbonyl (C=O) groups is 2. The normalized spacial score (nSPS) is 26.2. The van der Waals surface area contributed by atoms with Crippen LogP contribution in [0.3, 0.4) is 0 Å². The molecule has 0 bridgehead atoms. The lowest BCUT2D eigenvalue weighted by molar-refractivity contribution is -0.134. The standard InChI is InChI=1S/C10H19N3O2/c1-7-6-13(4-3-9(7)11)10(15)5-12-8(2)14/h7,9H,3-6,11H2,1-2H3,(H,12,14). The van der Waals surface area contributed by atoms with Gasteiger partial charge in [0.05, 0.1) is 6.54 Å². The lowest BCUT2D eigenvalue weighted by Crippen LogP contribution is -2.50. The van der Waals surface area contributed by atoms with Crippen LogP contribution in [0.25, 0.3) is 0 Å². The summed E-state index contributed by atoms with van der Waals surface area (Å²) >= 11 is 0. The van der Waals surface area contributed by atoms with E-state index in [-0.39, 0.29) is 24.4 Å². The summed E-state index contributed by atoms with van der Waals surface area (Å²) in [5.74, 6) is 0.133. The summed E-state index contributed by atoms with van der Waals surface area (Å²) < 4.78 is 0. The van der Waals surface area contributed by atoms with Gasteiger partial charge in [0.25, 0.3) is 0 Å². The van der Waals surface area contributed by atoms with Crippen molar-refractivity contribution in [1.29, 1.82) is 0 Å². The van der Waals surface area contributed by atoms with Crippen molar-refractivity contribution in [2.45, 2.75) is 26.3 Å². The van der Waals surface area contributed by atoms with E-state index in [0.717, 1.165) is 6.42 Å². The van der Waals surface area contributed by atoms with Gasteiger partial charge in [-0.1, -0.05) is 6.92 Å². The molecule has 5 nitrogen and oxygen atoms in total. The molecular weight excluding hydrogens is 194 g/mol. The number of carbonyl (C=O) groups excluding carboxylic acids is 2. The van der Waals surface area contributed by atoms with Gasteiger partial charge in [-0.2, -0.15) is 0 Å². The molecule has 0 saturated carbocycles. The maximum Gasteiger partial charge on any atom is 0.241 e. The minimum absolute atomic E-state index is 0.0241. The lowest BCUT2D eigenvalue weighted by atomic mass is 9.95. The Hall–Kier alpha value is -1.10. The second-order valence-corrected chi connectivity index (χ2v) is 4.18. The van der Waals surface area contributed by atoms with Crippen LogP contribution < -0.4 is 11.1 Å². The molecule has 2 atom stereocenters. The van der Waals surface area contributed by atoms with Gasteiger partial charge in [-0.05, 0) is 12.3 Å². The first-order valence-electron chi connectivity index (χ1n) is 5.28. The number of piperidine rings is 1. The van der Waals surface area contributed by atoms with Crippen LogP contribution in [-0.4, -0.2) is 42.4 Å². The number of hydrogen-bond acceptors (Lipinski definition) is 3. The molecule has 0 aromatic rings. The van der Waals surface area contributed by atoms with Crippen molar-refractivity contribution >= 4 is 11.8 Å². The van der Waals surface area contributed by atoms with Crippen LogP contribution in [0.4, 0.5) is 0 Å². The molecule has 86 valence electrons. The third kappa shape index (κ3) is 3.51. The molecule has 1 aliphatic rings. The molecule has 1 rings (SSSR count). The van der Waals surface area contributed by atoms with Gasteiger partial charge in [-0.25, -0.2) is 0 Å². The zero-order valence-corrected chi connectivity index (χ0v) is 9.32. The van der Waals surface area contributed by atoms with E-state index in [2.05, 4.69) is 5.32 Å². The van der Waals surface area contributed by atoms with Crippen LogP contribution in [0.15, 0.2) is 0 Å². The molecule has 0 radical (unpaired) electrons. The molecule has 5 heteroatoms. The van der Waals surface area contributed by atoms with Gasteiger partial charge in [0, 0.05) is 26.1 Å². The summed E-state index contributed by atoms with van der Waals surface area (Å²) in [5.41, 5.74) is 5.86. The monoisotopic (exact) mass is 213 g/mol. The van der Waals surface area contributed by atoms with Gasteiger partial charge in [0.2, 0.25) is 11.8 Å². The Balaban J connectivity index is 2.37. The van der Waals surface area contributed by atoms with Crippen molar-refractivity contribution in [1.82, 2.24) is 10.2 Å². The summed E-state index contributed by atoms with van der Waals surface area (Å²) in [7, 11) is 0. The molecule has 1 saturated heterocycles.